The first-order valence-electron chi connectivity index (χ1n) is 6.15. The summed E-state index contributed by atoms with van der Waals surface area (Å²) in [4.78, 5) is 11.6. The summed E-state index contributed by atoms with van der Waals surface area (Å²) < 4.78 is 18.0. The molecule has 2 N–H and O–H groups in total. The summed E-state index contributed by atoms with van der Waals surface area (Å²) in [6.07, 6.45) is 0. The van der Waals surface area contributed by atoms with Gasteiger partial charge in [0.25, 0.3) is 0 Å². The number of hydrogen-bond acceptors (Lipinski definition) is 4. The molecule has 0 radical (unpaired) electrons. The van der Waals surface area contributed by atoms with Crippen molar-refractivity contribution >= 4 is 11.7 Å². The van der Waals surface area contributed by atoms with Crippen molar-refractivity contribution in [2.75, 3.05) is 12.4 Å². The van der Waals surface area contributed by atoms with Crippen LogP contribution in [0.5, 0.6) is 0 Å². The maximum atomic E-state index is 13.3. The average molecular weight is 277 g/mol. The first-order valence-corrected chi connectivity index (χ1v) is 6.15. The van der Waals surface area contributed by atoms with E-state index in [0.29, 0.717) is 17.8 Å². The number of aryl methyl sites for hydroxylation is 2. The Kier molecular flexibility index (Phi) is 4.02. The third-order valence-electron chi connectivity index (χ3n) is 3.12. The predicted octanol–water partition coefficient (Wildman–Crippen LogP) is 2.56. The average Bonchev–Trinajstić information content (AvgIpc) is 2.75. The summed E-state index contributed by atoms with van der Waals surface area (Å²) in [6.45, 7) is 4.23. The largest absolute Gasteiger partial charge is 0.465 e. The Morgan fingerprint density at radius 3 is 2.80 bits per heavy atom. The first-order chi connectivity index (χ1) is 9.52. The predicted molar refractivity (Wildman–Crippen MR) is 73.1 cm³/mol. The van der Waals surface area contributed by atoms with Crippen LogP contribution in [0.3, 0.4) is 0 Å². The summed E-state index contributed by atoms with van der Waals surface area (Å²) in [5.41, 5.74) is 3.49. The van der Waals surface area contributed by atoms with Crippen LogP contribution < -0.4 is 5.32 Å². The van der Waals surface area contributed by atoms with Crippen molar-refractivity contribution in [2.24, 2.45) is 0 Å². The maximum Gasteiger partial charge on any atom is 0.339 e. The van der Waals surface area contributed by atoms with Crippen molar-refractivity contribution in [1.29, 1.82) is 0 Å². The van der Waals surface area contributed by atoms with Crippen molar-refractivity contribution in [1.82, 2.24) is 10.2 Å². The number of halogens is 1. The van der Waals surface area contributed by atoms with E-state index in [1.54, 1.807) is 0 Å². The van der Waals surface area contributed by atoms with Gasteiger partial charge in [0.05, 0.1) is 24.1 Å². The van der Waals surface area contributed by atoms with Gasteiger partial charge in [0.2, 0.25) is 0 Å². The topological polar surface area (TPSA) is 67.0 Å². The van der Waals surface area contributed by atoms with Gasteiger partial charge < -0.3 is 10.1 Å². The second-order valence-corrected chi connectivity index (χ2v) is 4.45. The fourth-order valence-electron chi connectivity index (χ4n) is 1.97. The first kappa shape index (κ1) is 14.0. The van der Waals surface area contributed by atoms with Crippen LogP contribution in [0.1, 0.15) is 27.3 Å². The van der Waals surface area contributed by atoms with Crippen LogP contribution in [0.4, 0.5) is 10.1 Å². The summed E-state index contributed by atoms with van der Waals surface area (Å²) in [7, 11) is 1.29. The van der Waals surface area contributed by atoms with Crippen LogP contribution >= 0.6 is 0 Å². The lowest BCUT2D eigenvalue weighted by Crippen LogP contribution is -2.09. The molecular weight excluding hydrogens is 261 g/mol. The number of carbonyl (C=O) groups excluding carboxylic acids is 1. The van der Waals surface area contributed by atoms with Gasteiger partial charge in [0.15, 0.2) is 0 Å². The lowest BCUT2D eigenvalue weighted by molar-refractivity contribution is 0.0602. The lowest BCUT2D eigenvalue weighted by atomic mass is 10.1. The van der Waals surface area contributed by atoms with E-state index in [4.69, 9.17) is 0 Å². The number of H-pyrrole nitrogens is 1. The number of benzene rings is 1. The van der Waals surface area contributed by atoms with Gasteiger partial charge in [-0.2, -0.15) is 5.10 Å². The molecule has 0 spiro atoms. The Morgan fingerprint density at radius 2 is 2.20 bits per heavy atom. The zero-order chi connectivity index (χ0) is 14.7. The standard InChI is InChI=1S/C14H16FN3O2/c1-8-12(9(2)18-17-8)7-16-13-6-10(15)4-5-11(13)14(19)20-3/h4-6,16H,7H2,1-3H3,(H,17,18). The van der Waals surface area contributed by atoms with E-state index in [0.717, 1.165) is 17.0 Å². The number of aromatic nitrogens is 2. The zero-order valence-corrected chi connectivity index (χ0v) is 11.6. The quantitative estimate of drug-likeness (QED) is 0.843. The molecule has 0 unspecified atom stereocenters. The number of nitrogens with zero attached hydrogens (tertiary/aromatic N) is 1. The summed E-state index contributed by atoms with van der Waals surface area (Å²) >= 11 is 0. The number of esters is 1. The number of nitrogens with one attached hydrogen (secondary N) is 2. The molecule has 0 amide bonds. The van der Waals surface area contributed by atoms with Crippen LogP contribution in [0.25, 0.3) is 0 Å². The van der Waals surface area contributed by atoms with Crippen LogP contribution in [-0.4, -0.2) is 23.3 Å². The van der Waals surface area contributed by atoms with Crippen molar-refractivity contribution in [3.05, 3.63) is 46.5 Å². The fraction of sp³-hybridized carbons (Fsp3) is 0.286. The molecule has 1 aromatic carbocycles. The molecule has 106 valence electrons. The highest BCUT2D eigenvalue weighted by Gasteiger charge is 2.13. The van der Waals surface area contributed by atoms with Crippen LogP contribution in [0, 0.1) is 19.7 Å². The third-order valence-corrected chi connectivity index (χ3v) is 3.12. The SMILES string of the molecule is COC(=O)c1ccc(F)cc1NCc1c(C)n[nH]c1C. The molecule has 0 saturated carbocycles. The van der Waals surface area contributed by atoms with Crippen molar-refractivity contribution in [3.63, 3.8) is 0 Å². The molecular formula is C14H16FN3O2. The molecule has 0 saturated heterocycles. The van der Waals surface area contributed by atoms with E-state index in [1.165, 1.54) is 25.3 Å². The number of aromatic amines is 1. The molecule has 0 aliphatic carbocycles. The molecule has 6 heteroatoms. The van der Waals surface area contributed by atoms with E-state index in [1.807, 2.05) is 13.8 Å². The van der Waals surface area contributed by atoms with Crippen molar-refractivity contribution < 1.29 is 13.9 Å². The molecule has 0 bridgehead atoms. The monoisotopic (exact) mass is 277 g/mol. The summed E-state index contributed by atoms with van der Waals surface area (Å²) in [6, 6.07) is 3.90. The summed E-state index contributed by atoms with van der Waals surface area (Å²) in [5.74, 6) is -0.922. The number of carbonyl (C=O) groups is 1. The van der Waals surface area contributed by atoms with Gasteiger partial charge in [-0.25, -0.2) is 9.18 Å². The van der Waals surface area contributed by atoms with Gasteiger partial charge in [0.1, 0.15) is 5.82 Å². The van der Waals surface area contributed by atoms with Crippen LogP contribution in [0.15, 0.2) is 18.2 Å². The van der Waals surface area contributed by atoms with Gasteiger partial charge >= 0.3 is 5.97 Å². The minimum absolute atomic E-state index is 0.299. The molecule has 1 heterocycles. The Bertz CT molecular complexity index is 618. The Morgan fingerprint density at radius 1 is 1.45 bits per heavy atom. The van der Waals surface area contributed by atoms with Crippen LogP contribution in [-0.2, 0) is 11.3 Å². The van der Waals surface area contributed by atoms with Gasteiger partial charge in [-0.15, -0.1) is 0 Å². The molecule has 20 heavy (non-hydrogen) atoms. The van der Waals surface area contributed by atoms with Crippen molar-refractivity contribution in [2.45, 2.75) is 20.4 Å². The van der Waals surface area contributed by atoms with Crippen LogP contribution in [0.2, 0.25) is 0 Å². The minimum Gasteiger partial charge on any atom is -0.465 e. The normalized spacial score (nSPS) is 10.4. The minimum atomic E-state index is -0.506. The highest BCUT2D eigenvalue weighted by atomic mass is 19.1. The van der Waals surface area contributed by atoms with Gasteiger partial charge in [-0.1, -0.05) is 0 Å². The molecule has 2 rings (SSSR count). The highest BCUT2D eigenvalue weighted by molar-refractivity contribution is 5.95. The molecule has 1 aromatic heterocycles. The molecule has 0 aliphatic rings. The maximum absolute atomic E-state index is 13.3. The van der Waals surface area contributed by atoms with Gasteiger partial charge in [-0.3, -0.25) is 5.10 Å². The second kappa shape index (κ2) is 5.73. The molecule has 0 atom stereocenters. The fourth-order valence-corrected chi connectivity index (χ4v) is 1.97. The van der Waals surface area contributed by atoms with Gasteiger partial charge in [0, 0.05) is 17.8 Å². The second-order valence-electron chi connectivity index (χ2n) is 4.45. The number of ether oxygens (including phenoxy) is 1. The Labute approximate surface area is 116 Å². The summed E-state index contributed by atoms with van der Waals surface area (Å²) in [5, 5.41) is 10.0. The van der Waals surface area contributed by atoms with Crippen molar-refractivity contribution in [3.8, 4) is 0 Å². The Hall–Kier alpha value is -2.37. The van der Waals surface area contributed by atoms with E-state index in [-0.39, 0.29) is 0 Å². The van der Waals surface area contributed by atoms with E-state index in [2.05, 4.69) is 20.3 Å². The highest BCUT2D eigenvalue weighted by Crippen LogP contribution is 2.20. The Balaban J connectivity index is 2.24. The number of rotatable bonds is 4. The molecule has 2 aromatic rings. The van der Waals surface area contributed by atoms with E-state index < -0.39 is 11.8 Å². The number of hydrogen-bond donors (Lipinski definition) is 2. The lowest BCUT2D eigenvalue weighted by Gasteiger charge is -2.11. The molecule has 5 nitrogen and oxygen atoms in total. The molecule has 0 fully saturated rings. The van der Waals surface area contributed by atoms with Gasteiger partial charge in [-0.05, 0) is 32.0 Å². The smallest absolute Gasteiger partial charge is 0.339 e. The molecule has 0 aliphatic heterocycles. The zero-order valence-electron chi connectivity index (χ0n) is 11.6. The third kappa shape index (κ3) is 2.79. The van der Waals surface area contributed by atoms with E-state index >= 15 is 0 Å². The van der Waals surface area contributed by atoms with E-state index in [9.17, 15) is 9.18 Å². The number of methoxy groups -OCH3 is 1. The number of anilines is 1.